The molecule has 0 radical (unpaired) electrons. The molecule has 0 atom stereocenters. The Hall–Kier alpha value is -4.74. The number of halogens is 3. The van der Waals surface area contributed by atoms with Crippen molar-refractivity contribution in [2.75, 3.05) is 26.2 Å². The Morgan fingerprint density at radius 1 is 0.881 bits per heavy atom. The Balaban J connectivity index is 1.41. The van der Waals surface area contributed by atoms with Crippen LogP contribution in [0.25, 0.3) is 49.7 Å². The van der Waals surface area contributed by atoms with Crippen molar-refractivity contribution in [2.45, 2.75) is 6.18 Å². The summed E-state index contributed by atoms with van der Waals surface area (Å²) in [6.07, 6.45) is -1.35. The van der Waals surface area contributed by atoms with Gasteiger partial charge in [0, 0.05) is 55.8 Å². The van der Waals surface area contributed by atoms with E-state index in [1.54, 1.807) is 19.4 Å². The van der Waals surface area contributed by atoms with Gasteiger partial charge in [-0.15, -0.1) is 5.06 Å². The van der Waals surface area contributed by atoms with Crippen LogP contribution in [0.3, 0.4) is 0 Å². The highest BCUT2D eigenvalue weighted by atomic mass is 19.4. The molecule has 6 aromatic rings. The minimum Gasteiger partial charge on any atom is -0.405 e. The molecule has 0 bridgehead atoms. The zero-order chi connectivity index (χ0) is 29.0. The molecule has 42 heavy (non-hydrogen) atoms. The molecule has 1 saturated heterocycles. The van der Waals surface area contributed by atoms with Gasteiger partial charge in [-0.25, -0.2) is 4.79 Å². The molecule has 4 heterocycles. The first kappa shape index (κ1) is 26.2. The fraction of sp³-hybridized carbons (Fsp3) is 0.194. The summed E-state index contributed by atoms with van der Waals surface area (Å²) in [7, 11) is 1.58. The Kier molecular flexibility index (Phi) is 6.21. The Morgan fingerprint density at radius 3 is 2.48 bits per heavy atom. The van der Waals surface area contributed by atoms with Crippen molar-refractivity contribution in [1.82, 2.24) is 29.5 Å². The van der Waals surface area contributed by atoms with Gasteiger partial charge in [-0.1, -0.05) is 24.3 Å². The lowest BCUT2D eigenvalue weighted by molar-refractivity contribution is -0.144. The second kappa shape index (κ2) is 9.97. The summed E-state index contributed by atoms with van der Waals surface area (Å²) in [5, 5.41) is 6.26. The van der Waals surface area contributed by atoms with Gasteiger partial charge in [-0.3, -0.25) is 19.1 Å². The number of para-hydroxylation sites is 1. The molecule has 0 spiro atoms. The van der Waals surface area contributed by atoms with E-state index in [-0.39, 0.29) is 11.4 Å². The normalized spacial score (nSPS) is 14.7. The summed E-state index contributed by atoms with van der Waals surface area (Å²) >= 11 is 0. The van der Waals surface area contributed by atoms with E-state index in [0.717, 1.165) is 28.1 Å². The van der Waals surface area contributed by atoms with Crippen molar-refractivity contribution in [1.29, 1.82) is 0 Å². The van der Waals surface area contributed by atoms with Gasteiger partial charge in [-0.05, 0) is 48.0 Å². The minimum absolute atomic E-state index is 0.0795. The number of benzene rings is 3. The van der Waals surface area contributed by atoms with Crippen LogP contribution in [0.4, 0.5) is 13.2 Å². The van der Waals surface area contributed by atoms with Gasteiger partial charge in [0.15, 0.2) is 5.75 Å². The van der Waals surface area contributed by atoms with E-state index >= 15 is 0 Å². The molecule has 3 aromatic carbocycles. The molecule has 1 fully saturated rings. The number of rotatable bonds is 4. The van der Waals surface area contributed by atoms with E-state index < -0.39 is 17.4 Å². The third-order valence-corrected chi connectivity index (χ3v) is 7.64. The second-order valence-corrected chi connectivity index (χ2v) is 10.3. The number of nitrogens with one attached hydrogen (secondary N) is 1. The Morgan fingerprint density at radius 2 is 1.67 bits per heavy atom. The third-order valence-electron chi connectivity index (χ3n) is 7.64. The Labute approximate surface area is 237 Å². The van der Waals surface area contributed by atoms with Gasteiger partial charge in [-0.2, -0.15) is 13.2 Å². The van der Waals surface area contributed by atoms with Gasteiger partial charge < -0.3 is 10.2 Å². The second-order valence-electron chi connectivity index (χ2n) is 10.3. The monoisotopic (exact) mass is 570 g/mol. The molecule has 11 heteroatoms. The summed E-state index contributed by atoms with van der Waals surface area (Å²) in [5.74, 6) is -0.306. The third kappa shape index (κ3) is 4.47. The molecular formula is C31H25F3N6O2. The molecule has 8 nitrogen and oxygen atoms in total. The predicted octanol–water partition coefficient (Wildman–Crippen LogP) is 5.31. The highest BCUT2D eigenvalue weighted by Crippen LogP contribution is 2.39. The van der Waals surface area contributed by atoms with Crippen molar-refractivity contribution < 1.29 is 18.0 Å². The molecule has 0 unspecified atom stereocenters. The minimum atomic E-state index is -4.70. The van der Waals surface area contributed by atoms with Crippen LogP contribution >= 0.6 is 0 Å². The molecular weight excluding hydrogens is 545 g/mol. The number of hydrogen-bond acceptors (Lipinski definition) is 6. The number of aryl methyl sites for hydroxylation is 1. The van der Waals surface area contributed by atoms with Crippen LogP contribution in [0, 0.1) is 0 Å². The van der Waals surface area contributed by atoms with Crippen LogP contribution in [0.15, 0.2) is 83.9 Å². The summed E-state index contributed by atoms with van der Waals surface area (Å²) in [4.78, 5) is 28.3. The molecule has 7 rings (SSSR count). The molecule has 0 amide bonds. The largest absolute Gasteiger partial charge is 0.420 e. The number of imidazole rings is 1. The number of hydroxylamine groups is 2. The van der Waals surface area contributed by atoms with Crippen molar-refractivity contribution in [3.05, 3.63) is 95.2 Å². The topological polar surface area (TPSA) is 77.2 Å². The maximum Gasteiger partial charge on any atom is 0.420 e. The fourth-order valence-electron chi connectivity index (χ4n) is 5.48. The van der Waals surface area contributed by atoms with E-state index in [0.29, 0.717) is 48.1 Å². The fourth-order valence-corrected chi connectivity index (χ4v) is 5.48. The maximum absolute atomic E-state index is 14.3. The summed E-state index contributed by atoms with van der Waals surface area (Å²) in [5.41, 5.74) is 2.78. The Bertz CT molecular complexity index is 2040. The lowest BCUT2D eigenvalue weighted by Crippen LogP contribution is -2.45. The van der Waals surface area contributed by atoms with Crippen molar-refractivity contribution in [2.24, 2.45) is 7.05 Å². The first-order chi connectivity index (χ1) is 20.3. The van der Waals surface area contributed by atoms with E-state index in [1.165, 1.54) is 26.3 Å². The highest BCUT2D eigenvalue weighted by molar-refractivity contribution is 6.05. The smallest absolute Gasteiger partial charge is 0.405 e. The van der Waals surface area contributed by atoms with E-state index in [2.05, 4.69) is 15.3 Å². The average Bonchev–Trinajstić information content (AvgIpc) is 3.26. The van der Waals surface area contributed by atoms with Crippen LogP contribution in [-0.2, 0) is 13.2 Å². The summed E-state index contributed by atoms with van der Waals surface area (Å²) < 4.78 is 45.6. The van der Waals surface area contributed by atoms with Crippen LogP contribution in [0.2, 0.25) is 0 Å². The molecule has 1 aliphatic heterocycles. The number of pyridine rings is 2. The summed E-state index contributed by atoms with van der Waals surface area (Å²) in [6.45, 7) is 2.14. The van der Waals surface area contributed by atoms with Crippen LogP contribution in [0.5, 0.6) is 5.75 Å². The molecule has 1 aliphatic rings. The SMILES string of the molecule is Cn1c(=O)n(-c2ccc(ON3CCNCC3)c(C(F)(F)F)c2)c2c3cc(-c4cnc5ccccc5c4)ccc3ncc21. The first-order valence-electron chi connectivity index (χ1n) is 13.5. The van der Waals surface area contributed by atoms with Crippen molar-refractivity contribution in [3.8, 4) is 22.6 Å². The number of alkyl halides is 3. The number of piperazine rings is 1. The van der Waals surface area contributed by atoms with E-state index in [9.17, 15) is 18.0 Å². The number of fused-ring (bicyclic) bond motifs is 4. The lowest BCUT2D eigenvalue weighted by Gasteiger charge is -2.28. The molecule has 3 aromatic heterocycles. The van der Waals surface area contributed by atoms with Crippen LogP contribution in [0.1, 0.15) is 5.56 Å². The molecule has 0 saturated carbocycles. The van der Waals surface area contributed by atoms with Crippen LogP contribution in [-0.4, -0.2) is 50.3 Å². The van der Waals surface area contributed by atoms with Crippen molar-refractivity contribution >= 4 is 32.8 Å². The number of hydrogen-bond donors (Lipinski definition) is 1. The van der Waals surface area contributed by atoms with Gasteiger partial charge in [0.1, 0.15) is 5.56 Å². The zero-order valence-corrected chi connectivity index (χ0v) is 22.5. The molecule has 212 valence electrons. The highest BCUT2D eigenvalue weighted by Gasteiger charge is 2.36. The average molecular weight is 571 g/mol. The molecule has 0 aliphatic carbocycles. The number of nitrogens with zero attached hydrogens (tertiary/aromatic N) is 5. The van der Waals surface area contributed by atoms with Gasteiger partial charge in [0.2, 0.25) is 0 Å². The predicted molar refractivity (Wildman–Crippen MR) is 155 cm³/mol. The first-order valence-corrected chi connectivity index (χ1v) is 13.5. The zero-order valence-electron chi connectivity index (χ0n) is 22.5. The van der Waals surface area contributed by atoms with Gasteiger partial charge in [0.05, 0.1) is 34.0 Å². The van der Waals surface area contributed by atoms with Crippen LogP contribution < -0.4 is 15.8 Å². The standard InChI is InChI=1S/C31H25F3N6O2/c1-38-27-18-37-26-8-6-19(21-14-20-4-2-3-5-25(20)36-17-21)15-23(26)29(27)40(30(38)41)22-7-9-28(24(16-22)31(32,33)34)42-39-12-10-35-11-13-39/h2-9,14-18,35H,10-13H2,1H3. The quantitative estimate of drug-likeness (QED) is 0.310. The maximum atomic E-state index is 14.3. The van der Waals surface area contributed by atoms with E-state index in [4.69, 9.17) is 4.84 Å². The van der Waals surface area contributed by atoms with E-state index in [1.807, 2.05) is 48.5 Å². The van der Waals surface area contributed by atoms with Crippen molar-refractivity contribution in [3.63, 3.8) is 0 Å². The summed E-state index contributed by atoms with van der Waals surface area (Å²) in [6, 6.07) is 19.2. The van der Waals surface area contributed by atoms with Gasteiger partial charge >= 0.3 is 11.9 Å². The molecule has 1 N–H and O–H groups in total. The van der Waals surface area contributed by atoms with Gasteiger partial charge in [0.25, 0.3) is 0 Å². The number of aromatic nitrogens is 4. The lowest BCUT2D eigenvalue weighted by atomic mass is 10.0.